The first kappa shape index (κ1) is 13.2. The Morgan fingerprint density at radius 1 is 1.47 bits per heavy atom. The van der Waals surface area contributed by atoms with Crippen LogP contribution in [0.15, 0.2) is 22.7 Å². The van der Waals surface area contributed by atoms with E-state index in [1.54, 1.807) is 12.1 Å². The lowest BCUT2D eigenvalue weighted by Crippen LogP contribution is -2.35. The summed E-state index contributed by atoms with van der Waals surface area (Å²) in [6.45, 7) is 4.57. The topological polar surface area (TPSA) is 12.0 Å². The number of anilines is 1. The molecule has 0 aliphatic carbocycles. The Labute approximate surface area is 115 Å². The van der Waals surface area contributed by atoms with E-state index >= 15 is 0 Å². The lowest BCUT2D eigenvalue weighted by Gasteiger charge is -2.35. The number of nitrogens with one attached hydrogen (secondary N) is 1. The molecule has 0 saturated carbocycles. The molecule has 17 heavy (non-hydrogen) atoms. The Morgan fingerprint density at radius 3 is 2.94 bits per heavy atom. The Hall–Kier alpha value is -0.220. The number of halogens is 2. The van der Waals surface area contributed by atoms with E-state index in [1.807, 2.05) is 11.8 Å². The molecule has 1 aliphatic rings. The van der Waals surface area contributed by atoms with Gasteiger partial charge in [-0.05, 0) is 51.7 Å². The van der Waals surface area contributed by atoms with Crippen molar-refractivity contribution in [2.24, 2.45) is 5.41 Å². The molecule has 0 radical (unpaired) electrons. The van der Waals surface area contributed by atoms with Gasteiger partial charge in [-0.2, -0.15) is 11.8 Å². The number of rotatable bonds is 2. The van der Waals surface area contributed by atoms with Crippen LogP contribution in [-0.4, -0.2) is 17.5 Å². The molecule has 1 aromatic rings. The van der Waals surface area contributed by atoms with Crippen molar-refractivity contribution in [3.63, 3.8) is 0 Å². The van der Waals surface area contributed by atoms with E-state index in [0.717, 1.165) is 22.3 Å². The van der Waals surface area contributed by atoms with Crippen LogP contribution in [0.2, 0.25) is 0 Å². The van der Waals surface area contributed by atoms with Crippen molar-refractivity contribution in [1.29, 1.82) is 0 Å². The third kappa shape index (κ3) is 3.62. The Morgan fingerprint density at radius 2 is 2.24 bits per heavy atom. The zero-order valence-corrected chi connectivity index (χ0v) is 12.5. The molecule has 0 amide bonds. The Kier molecular flexibility index (Phi) is 4.03. The summed E-state index contributed by atoms with van der Waals surface area (Å²) in [5.41, 5.74) is 1.22. The lowest BCUT2D eigenvalue weighted by atomic mass is 9.88. The predicted molar refractivity (Wildman–Crippen MR) is 77.2 cm³/mol. The minimum atomic E-state index is -0.196. The van der Waals surface area contributed by atoms with Crippen molar-refractivity contribution in [2.45, 2.75) is 26.3 Å². The van der Waals surface area contributed by atoms with Gasteiger partial charge in [0.1, 0.15) is 5.82 Å². The molecule has 1 heterocycles. The maximum atomic E-state index is 13.2. The highest BCUT2D eigenvalue weighted by atomic mass is 79.9. The molecule has 1 saturated heterocycles. The minimum Gasteiger partial charge on any atom is -0.380 e. The van der Waals surface area contributed by atoms with Crippen LogP contribution in [0.5, 0.6) is 0 Å². The highest BCUT2D eigenvalue weighted by Crippen LogP contribution is 2.35. The average molecular weight is 318 g/mol. The van der Waals surface area contributed by atoms with Crippen molar-refractivity contribution < 1.29 is 4.39 Å². The SMILES string of the molecule is CC1(C)CSCC(Nc2cc(F)ccc2Br)C1. The second-order valence-corrected chi connectivity index (χ2v) is 7.23. The van der Waals surface area contributed by atoms with Gasteiger partial charge in [-0.25, -0.2) is 4.39 Å². The number of hydrogen-bond acceptors (Lipinski definition) is 2. The monoisotopic (exact) mass is 317 g/mol. The average Bonchev–Trinajstić information content (AvgIpc) is 2.22. The third-order valence-electron chi connectivity index (χ3n) is 2.90. The van der Waals surface area contributed by atoms with Gasteiger partial charge in [-0.15, -0.1) is 0 Å². The van der Waals surface area contributed by atoms with Crippen molar-refractivity contribution >= 4 is 33.4 Å². The van der Waals surface area contributed by atoms with E-state index in [-0.39, 0.29) is 5.82 Å². The number of benzene rings is 1. The molecule has 1 aliphatic heterocycles. The molecule has 1 aromatic carbocycles. The van der Waals surface area contributed by atoms with E-state index < -0.39 is 0 Å². The molecule has 2 rings (SSSR count). The predicted octanol–water partition coefficient (Wildman–Crippen LogP) is 4.53. The van der Waals surface area contributed by atoms with E-state index in [0.29, 0.717) is 11.5 Å². The first-order valence-electron chi connectivity index (χ1n) is 5.76. The summed E-state index contributed by atoms with van der Waals surface area (Å²) in [4.78, 5) is 0. The zero-order chi connectivity index (χ0) is 12.5. The van der Waals surface area contributed by atoms with Gasteiger partial charge < -0.3 is 5.32 Å². The van der Waals surface area contributed by atoms with Gasteiger partial charge in [-0.3, -0.25) is 0 Å². The van der Waals surface area contributed by atoms with Gasteiger partial charge in [0.15, 0.2) is 0 Å². The standard InChI is InChI=1S/C13H17BrFNS/c1-13(2)6-10(7-17-8-13)16-12-5-9(15)3-4-11(12)14/h3-5,10,16H,6-8H2,1-2H3. The van der Waals surface area contributed by atoms with E-state index in [2.05, 4.69) is 35.1 Å². The highest BCUT2D eigenvalue weighted by Gasteiger charge is 2.28. The maximum absolute atomic E-state index is 13.2. The second-order valence-electron chi connectivity index (χ2n) is 5.35. The number of hydrogen-bond donors (Lipinski definition) is 1. The van der Waals surface area contributed by atoms with Gasteiger partial charge >= 0.3 is 0 Å². The van der Waals surface area contributed by atoms with Crippen LogP contribution in [0.25, 0.3) is 0 Å². The van der Waals surface area contributed by atoms with Gasteiger partial charge in [0.25, 0.3) is 0 Å². The summed E-state index contributed by atoms with van der Waals surface area (Å²) in [6, 6.07) is 5.19. The highest BCUT2D eigenvalue weighted by molar-refractivity contribution is 9.10. The molecule has 0 spiro atoms. The van der Waals surface area contributed by atoms with Gasteiger partial charge in [0.05, 0.1) is 5.69 Å². The van der Waals surface area contributed by atoms with Crippen LogP contribution in [0, 0.1) is 11.2 Å². The summed E-state index contributed by atoms with van der Waals surface area (Å²) < 4.78 is 14.1. The zero-order valence-electron chi connectivity index (χ0n) is 10.1. The van der Waals surface area contributed by atoms with Crippen LogP contribution in [0.4, 0.5) is 10.1 Å². The Bertz CT molecular complexity index is 408. The molecule has 1 nitrogen and oxygen atoms in total. The largest absolute Gasteiger partial charge is 0.380 e. The quantitative estimate of drug-likeness (QED) is 0.860. The first-order chi connectivity index (χ1) is 7.96. The fraction of sp³-hybridized carbons (Fsp3) is 0.538. The molecule has 0 bridgehead atoms. The van der Waals surface area contributed by atoms with Crippen molar-refractivity contribution in [3.8, 4) is 0 Å². The molecular weight excluding hydrogens is 301 g/mol. The van der Waals surface area contributed by atoms with Crippen LogP contribution in [0.1, 0.15) is 20.3 Å². The summed E-state index contributed by atoms with van der Waals surface area (Å²) in [7, 11) is 0. The van der Waals surface area contributed by atoms with Gasteiger partial charge in [0, 0.05) is 16.3 Å². The smallest absolute Gasteiger partial charge is 0.125 e. The summed E-state index contributed by atoms with van der Waals surface area (Å²) in [5.74, 6) is 2.10. The van der Waals surface area contributed by atoms with Crippen molar-refractivity contribution in [2.75, 3.05) is 16.8 Å². The molecule has 1 fully saturated rings. The molecule has 4 heteroatoms. The van der Waals surface area contributed by atoms with Gasteiger partial charge in [-0.1, -0.05) is 13.8 Å². The van der Waals surface area contributed by atoms with E-state index in [4.69, 9.17) is 0 Å². The fourth-order valence-electron chi connectivity index (χ4n) is 2.18. The van der Waals surface area contributed by atoms with Crippen LogP contribution < -0.4 is 5.32 Å². The normalized spacial score (nSPS) is 23.4. The van der Waals surface area contributed by atoms with Gasteiger partial charge in [0.2, 0.25) is 0 Å². The molecule has 94 valence electrons. The number of thioether (sulfide) groups is 1. The van der Waals surface area contributed by atoms with Crippen molar-refractivity contribution in [1.82, 2.24) is 0 Å². The van der Waals surface area contributed by atoms with Crippen LogP contribution in [0.3, 0.4) is 0 Å². The molecule has 1 N–H and O–H groups in total. The minimum absolute atomic E-state index is 0.196. The third-order valence-corrected chi connectivity index (χ3v) is 5.21. The second kappa shape index (κ2) is 5.19. The molecule has 0 aromatic heterocycles. The molecule has 1 atom stereocenters. The van der Waals surface area contributed by atoms with Crippen molar-refractivity contribution in [3.05, 3.63) is 28.5 Å². The summed E-state index contributed by atoms with van der Waals surface area (Å²) >= 11 is 5.42. The van der Waals surface area contributed by atoms with Crippen LogP contribution >= 0.6 is 27.7 Å². The Balaban J connectivity index is 2.07. The maximum Gasteiger partial charge on any atom is 0.125 e. The summed E-state index contributed by atoms with van der Waals surface area (Å²) in [6.07, 6.45) is 1.13. The van der Waals surface area contributed by atoms with E-state index in [9.17, 15) is 4.39 Å². The molecule has 1 unspecified atom stereocenters. The summed E-state index contributed by atoms with van der Waals surface area (Å²) in [5, 5.41) is 3.44. The fourth-order valence-corrected chi connectivity index (χ4v) is 3.82. The first-order valence-corrected chi connectivity index (χ1v) is 7.70. The molecular formula is C13H17BrFNS. The lowest BCUT2D eigenvalue weighted by molar-refractivity contribution is 0.358. The van der Waals surface area contributed by atoms with E-state index in [1.165, 1.54) is 11.8 Å². The van der Waals surface area contributed by atoms with Crippen LogP contribution in [-0.2, 0) is 0 Å².